The zero-order valence-electron chi connectivity index (χ0n) is 12.2. The van der Waals surface area contributed by atoms with Gasteiger partial charge in [0, 0.05) is 0 Å². The smallest absolute Gasteiger partial charge is 0.228 e. The molecular formula is C18H21NO2. The van der Waals surface area contributed by atoms with Gasteiger partial charge in [0.1, 0.15) is 0 Å². The molecule has 0 radical (unpaired) electrons. The number of amides is 1. The summed E-state index contributed by atoms with van der Waals surface area (Å²) in [5.41, 5.74) is 1.92. The van der Waals surface area contributed by atoms with Gasteiger partial charge in [0.25, 0.3) is 0 Å². The maximum absolute atomic E-state index is 12.5. The van der Waals surface area contributed by atoms with E-state index >= 15 is 0 Å². The van der Waals surface area contributed by atoms with Crippen molar-refractivity contribution in [3.63, 3.8) is 0 Å². The number of hydrogen-bond acceptors (Lipinski definition) is 2. The number of carbonyl (C=O) groups excluding carboxylic acids is 1. The highest BCUT2D eigenvalue weighted by atomic mass is 16.3. The average Bonchev–Trinajstić information content (AvgIpc) is 2.55. The summed E-state index contributed by atoms with van der Waals surface area (Å²) in [6, 6.07) is 18.9. The first-order chi connectivity index (χ1) is 10.3. The lowest BCUT2D eigenvalue weighted by Crippen LogP contribution is -2.34. The molecule has 1 unspecified atom stereocenters. The highest BCUT2D eigenvalue weighted by molar-refractivity contribution is 5.84. The van der Waals surface area contributed by atoms with Crippen molar-refractivity contribution in [3.05, 3.63) is 71.8 Å². The SMILES string of the molecule is CCC(C(=O)N[C@H](CO)c1ccccc1)c1ccccc1. The molecule has 0 saturated carbocycles. The largest absolute Gasteiger partial charge is 0.394 e. The van der Waals surface area contributed by atoms with Crippen molar-refractivity contribution in [3.8, 4) is 0 Å². The summed E-state index contributed by atoms with van der Waals surface area (Å²) in [5, 5.41) is 12.5. The van der Waals surface area contributed by atoms with Gasteiger partial charge in [-0.25, -0.2) is 0 Å². The molecule has 3 nitrogen and oxygen atoms in total. The Morgan fingerprint density at radius 3 is 2.00 bits per heavy atom. The van der Waals surface area contributed by atoms with Gasteiger partial charge < -0.3 is 10.4 Å². The predicted molar refractivity (Wildman–Crippen MR) is 83.9 cm³/mol. The van der Waals surface area contributed by atoms with Crippen molar-refractivity contribution in [2.45, 2.75) is 25.3 Å². The summed E-state index contributed by atoms with van der Waals surface area (Å²) in [6.07, 6.45) is 0.725. The van der Waals surface area contributed by atoms with Crippen LogP contribution in [0.1, 0.15) is 36.4 Å². The topological polar surface area (TPSA) is 49.3 Å². The molecule has 0 fully saturated rings. The van der Waals surface area contributed by atoms with E-state index in [4.69, 9.17) is 0 Å². The number of aliphatic hydroxyl groups is 1. The Balaban J connectivity index is 2.11. The molecule has 0 spiro atoms. The third kappa shape index (κ3) is 3.92. The molecule has 110 valence electrons. The molecule has 3 heteroatoms. The second-order valence-corrected chi connectivity index (χ2v) is 5.03. The molecule has 0 aliphatic rings. The van der Waals surface area contributed by atoms with Crippen LogP contribution in [0.4, 0.5) is 0 Å². The van der Waals surface area contributed by atoms with Gasteiger partial charge in [-0.1, -0.05) is 67.6 Å². The van der Waals surface area contributed by atoms with Crippen LogP contribution in [0.25, 0.3) is 0 Å². The van der Waals surface area contributed by atoms with E-state index < -0.39 is 0 Å². The predicted octanol–water partition coefficient (Wildman–Crippen LogP) is 3.03. The van der Waals surface area contributed by atoms with Gasteiger partial charge >= 0.3 is 0 Å². The molecule has 0 aromatic heterocycles. The van der Waals surface area contributed by atoms with E-state index in [1.54, 1.807) is 0 Å². The third-order valence-corrected chi connectivity index (χ3v) is 3.63. The lowest BCUT2D eigenvalue weighted by atomic mass is 9.95. The lowest BCUT2D eigenvalue weighted by Gasteiger charge is -2.21. The van der Waals surface area contributed by atoms with Gasteiger partial charge in [0.15, 0.2) is 0 Å². The summed E-state index contributed by atoms with van der Waals surface area (Å²) in [5.74, 6) is -0.240. The quantitative estimate of drug-likeness (QED) is 0.856. The van der Waals surface area contributed by atoms with Gasteiger partial charge in [-0.3, -0.25) is 4.79 Å². The summed E-state index contributed by atoms with van der Waals surface area (Å²) in [7, 11) is 0. The van der Waals surface area contributed by atoms with Crippen LogP contribution < -0.4 is 5.32 Å². The number of rotatable bonds is 6. The van der Waals surface area contributed by atoms with Gasteiger partial charge in [0.2, 0.25) is 5.91 Å². The van der Waals surface area contributed by atoms with Crippen molar-refractivity contribution in [1.82, 2.24) is 5.32 Å². The Hall–Kier alpha value is -2.13. The Labute approximate surface area is 125 Å². The Morgan fingerprint density at radius 2 is 1.52 bits per heavy atom. The average molecular weight is 283 g/mol. The van der Waals surface area contributed by atoms with Gasteiger partial charge in [0.05, 0.1) is 18.6 Å². The molecule has 0 saturated heterocycles. The first-order valence-electron chi connectivity index (χ1n) is 7.27. The van der Waals surface area contributed by atoms with Crippen molar-refractivity contribution in [2.75, 3.05) is 6.61 Å². The zero-order chi connectivity index (χ0) is 15.1. The fourth-order valence-corrected chi connectivity index (χ4v) is 2.45. The van der Waals surface area contributed by atoms with Crippen LogP contribution in [-0.2, 0) is 4.79 Å². The minimum absolute atomic E-state index is 0.0494. The first kappa shape index (κ1) is 15.3. The molecule has 0 aliphatic heterocycles. The molecule has 2 atom stereocenters. The lowest BCUT2D eigenvalue weighted by molar-refractivity contribution is -0.123. The van der Waals surface area contributed by atoms with Crippen LogP contribution in [-0.4, -0.2) is 17.6 Å². The molecule has 0 heterocycles. The van der Waals surface area contributed by atoms with Crippen LogP contribution in [0.15, 0.2) is 60.7 Å². The fraction of sp³-hybridized carbons (Fsp3) is 0.278. The second kappa shape index (κ2) is 7.60. The van der Waals surface area contributed by atoms with Crippen molar-refractivity contribution in [2.24, 2.45) is 0 Å². The molecule has 1 amide bonds. The first-order valence-corrected chi connectivity index (χ1v) is 7.27. The Bertz CT molecular complexity index is 554. The molecule has 0 bridgehead atoms. The molecule has 2 rings (SSSR count). The van der Waals surface area contributed by atoms with Crippen LogP contribution in [0, 0.1) is 0 Å². The summed E-state index contributed by atoms with van der Waals surface area (Å²) in [6.45, 7) is 1.88. The molecule has 2 N–H and O–H groups in total. The zero-order valence-corrected chi connectivity index (χ0v) is 12.2. The maximum Gasteiger partial charge on any atom is 0.228 e. The van der Waals surface area contributed by atoms with Crippen LogP contribution in [0.2, 0.25) is 0 Å². The van der Waals surface area contributed by atoms with Crippen LogP contribution in [0.5, 0.6) is 0 Å². The molecule has 2 aromatic carbocycles. The minimum atomic E-state index is -0.364. The van der Waals surface area contributed by atoms with Crippen molar-refractivity contribution in [1.29, 1.82) is 0 Å². The number of benzene rings is 2. The van der Waals surface area contributed by atoms with Gasteiger partial charge in [-0.05, 0) is 17.5 Å². The summed E-state index contributed by atoms with van der Waals surface area (Å²) in [4.78, 5) is 12.5. The Morgan fingerprint density at radius 1 is 1.00 bits per heavy atom. The van der Waals surface area contributed by atoms with E-state index in [0.717, 1.165) is 17.5 Å². The minimum Gasteiger partial charge on any atom is -0.394 e. The van der Waals surface area contributed by atoms with E-state index in [1.807, 2.05) is 67.6 Å². The summed E-state index contributed by atoms with van der Waals surface area (Å²) < 4.78 is 0. The van der Waals surface area contributed by atoms with Crippen LogP contribution >= 0.6 is 0 Å². The van der Waals surface area contributed by atoms with Crippen molar-refractivity contribution < 1.29 is 9.90 Å². The molecule has 2 aromatic rings. The number of nitrogens with one attached hydrogen (secondary N) is 1. The standard InChI is InChI=1S/C18H21NO2/c1-2-16(14-9-5-3-6-10-14)18(21)19-17(13-20)15-11-7-4-8-12-15/h3-12,16-17,20H,2,13H2,1H3,(H,19,21)/t16?,17-/m1/s1. The van der Waals surface area contributed by atoms with E-state index in [0.29, 0.717) is 0 Å². The highest BCUT2D eigenvalue weighted by Gasteiger charge is 2.21. The molecule has 0 aliphatic carbocycles. The van der Waals surface area contributed by atoms with Gasteiger partial charge in [-0.2, -0.15) is 0 Å². The van der Waals surface area contributed by atoms with E-state index in [1.165, 1.54) is 0 Å². The summed E-state index contributed by atoms with van der Waals surface area (Å²) >= 11 is 0. The number of hydrogen-bond donors (Lipinski definition) is 2. The van der Waals surface area contributed by atoms with Gasteiger partial charge in [-0.15, -0.1) is 0 Å². The third-order valence-electron chi connectivity index (χ3n) is 3.63. The van der Waals surface area contributed by atoms with Crippen molar-refractivity contribution >= 4 is 5.91 Å². The number of carbonyl (C=O) groups is 1. The monoisotopic (exact) mass is 283 g/mol. The van der Waals surface area contributed by atoms with E-state index in [-0.39, 0.29) is 24.5 Å². The normalized spacial score (nSPS) is 13.4. The molecular weight excluding hydrogens is 262 g/mol. The Kier molecular flexibility index (Phi) is 5.52. The van der Waals surface area contributed by atoms with E-state index in [2.05, 4.69) is 5.32 Å². The van der Waals surface area contributed by atoms with Crippen LogP contribution in [0.3, 0.4) is 0 Å². The molecule has 21 heavy (non-hydrogen) atoms. The second-order valence-electron chi connectivity index (χ2n) is 5.03. The fourth-order valence-electron chi connectivity index (χ4n) is 2.45. The number of aliphatic hydroxyl groups excluding tert-OH is 1. The highest BCUT2D eigenvalue weighted by Crippen LogP contribution is 2.21. The maximum atomic E-state index is 12.5. The van der Waals surface area contributed by atoms with E-state index in [9.17, 15) is 9.90 Å².